The number of aliphatic hydroxyl groups is 1. The summed E-state index contributed by atoms with van der Waals surface area (Å²) in [6, 6.07) is 26.7. The number of hydrogen-bond acceptors (Lipinski definition) is 6. The zero-order chi connectivity index (χ0) is 26.8. The molecule has 2 heterocycles. The largest absolute Gasteiger partial charge is 0.390 e. The second-order valence-corrected chi connectivity index (χ2v) is 13.6. The van der Waals surface area contributed by atoms with Crippen LogP contribution in [0.5, 0.6) is 0 Å². The quantitative estimate of drug-likeness (QED) is 0.259. The molecule has 200 valence electrons. The van der Waals surface area contributed by atoms with E-state index in [0.717, 1.165) is 6.42 Å². The minimum Gasteiger partial charge on any atom is -0.390 e. The molecule has 0 radical (unpaired) electrons. The first-order chi connectivity index (χ1) is 18.2. The van der Waals surface area contributed by atoms with Gasteiger partial charge in [-0.3, -0.25) is 4.90 Å². The molecule has 1 aliphatic heterocycles. The maximum Gasteiger partial charge on any atom is 0.200 e. The highest BCUT2D eigenvalue weighted by molar-refractivity contribution is 7.99. The number of sulfone groups is 1. The molecule has 1 aromatic heterocycles. The van der Waals surface area contributed by atoms with E-state index in [9.17, 15) is 13.5 Å². The van der Waals surface area contributed by atoms with Gasteiger partial charge in [-0.15, -0.1) is 11.8 Å². The highest BCUT2D eigenvalue weighted by Gasteiger charge is 2.43. The molecule has 8 heteroatoms. The summed E-state index contributed by atoms with van der Waals surface area (Å²) in [5.41, 5.74) is 1.59. The molecule has 3 N–H and O–H groups in total. The number of thioether (sulfide) groups is 1. The zero-order valence-corrected chi connectivity index (χ0v) is 23.4. The normalized spacial score (nSPS) is 18.6. The van der Waals surface area contributed by atoms with Gasteiger partial charge in [0.2, 0.25) is 0 Å². The number of H-pyrrole nitrogens is 1. The Morgan fingerprint density at radius 1 is 1.03 bits per heavy atom. The minimum absolute atomic E-state index is 0.255. The highest BCUT2D eigenvalue weighted by Crippen LogP contribution is 2.38. The molecule has 3 unspecified atom stereocenters. The first-order valence-electron chi connectivity index (χ1n) is 12.9. The van der Waals surface area contributed by atoms with E-state index in [0.29, 0.717) is 23.9 Å². The number of β-amino-alcohol motifs (C(OH)–C–C–N with tert-alkyl or cyclic N) is 1. The summed E-state index contributed by atoms with van der Waals surface area (Å²) in [7, 11) is -3.73. The van der Waals surface area contributed by atoms with Gasteiger partial charge in [0, 0.05) is 41.6 Å². The van der Waals surface area contributed by atoms with Gasteiger partial charge in [0.25, 0.3) is 0 Å². The molecule has 1 aliphatic rings. The van der Waals surface area contributed by atoms with Gasteiger partial charge >= 0.3 is 0 Å². The Bertz CT molecular complexity index is 1460. The van der Waals surface area contributed by atoms with E-state index in [2.05, 4.69) is 60.5 Å². The molecule has 1 fully saturated rings. The van der Waals surface area contributed by atoms with Gasteiger partial charge in [-0.25, -0.2) is 8.42 Å². The molecule has 38 heavy (non-hydrogen) atoms. The predicted molar refractivity (Wildman–Crippen MR) is 156 cm³/mol. The second-order valence-electron chi connectivity index (χ2n) is 10.6. The van der Waals surface area contributed by atoms with E-state index in [1.165, 1.54) is 16.3 Å². The van der Waals surface area contributed by atoms with Crippen molar-refractivity contribution in [1.29, 1.82) is 0 Å². The molecule has 0 amide bonds. The summed E-state index contributed by atoms with van der Waals surface area (Å²) in [4.78, 5) is 5.33. The predicted octanol–water partition coefficient (Wildman–Crippen LogP) is 4.99. The highest BCUT2D eigenvalue weighted by atomic mass is 32.2. The Kier molecular flexibility index (Phi) is 7.98. The van der Waals surface area contributed by atoms with E-state index in [1.54, 1.807) is 42.2 Å². The van der Waals surface area contributed by atoms with Crippen molar-refractivity contribution in [3.05, 3.63) is 102 Å². The number of aromatic nitrogens is 1. The number of nitrogens with one attached hydrogen (secondary N) is 2. The second kappa shape index (κ2) is 11.2. The molecule has 3 atom stereocenters. The number of rotatable bonds is 10. The Labute approximate surface area is 229 Å². The topological polar surface area (TPSA) is 85.4 Å². The van der Waals surface area contributed by atoms with Gasteiger partial charge in [0.15, 0.2) is 15.2 Å². The van der Waals surface area contributed by atoms with Gasteiger partial charge in [0.05, 0.1) is 11.0 Å². The van der Waals surface area contributed by atoms with Crippen LogP contribution in [0.1, 0.15) is 30.5 Å². The van der Waals surface area contributed by atoms with Crippen molar-refractivity contribution in [3.63, 3.8) is 0 Å². The lowest BCUT2D eigenvalue weighted by atomic mass is 9.93. The third-order valence-corrected chi connectivity index (χ3v) is 10.3. The third kappa shape index (κ3) is 5.84. The summed E-state index contributed by atoms with van der Waals surface area (Å²) >= 11 is 1.65. The van der Waals surface area contributed by atoms with Gasteiger partial charge < -0.3 is 15.4 Å². The lowest BCUT2D eigenvalue weighted by Gasteiger charge is -2.35. The fourth-order valence-corrected chi connectivity index (χ4v) is 8.51. The minimum atomic E-state index is -3.73. The van der Waals surface area contributed by atoms with Gasteiger partial charge in [0.1, 0.15) is 0 Å². The number of nitrogens with zero attached hydrogens (tertiary/aromatic N) is 1. The molecular weight excluding hydrogens is 514 g/mol. The van der Waals surface area contributed by atoms with Gasteiger partial charge in [-0.2, -0.15) is 0 Å². The van der Waals surface area contributed by atoms with Crippen LogP contribution in [0.25, 0.3) is 10.8 Å². The van der Waals surface area contributed by atoms with Gasteiger partial charge in [-0.1, -0.05) is 60.7 Å². The first kappa shape index (κ1) is 27.0. The maximum absolute atomic E-state index is 13.8. The number of hydrogen-bond donors (Lipinski definition) is 3. The molecule has 1 saturated heterocycles. The third-order valence-electron chi connectivity index (χ3n) is 7.20. The smallest absolute Gasteiger partial charge is 0.200 e. The van der Waals surface area contributed by atoms with E-state index >= 15 is 0 Å². The average molecular weight is 550 g/mol. The Morgan fingerprint density at radius 2 is 1.76 bits per heavy atom. The first-order valence-corrected chi connectivity index (χ1v) is 15.6. The van der Waals surface area contributed by atoms with Crippen LogP contribution in [0.4, 0.5) is 0 Å². The SMILES string of the molecule is CC(C)(Cc1ccc2ccccc2c1)NCC(O)C1CSCN1C(c1ccc[nH]1)S(=O)(=O)c1ccccc1. The summed E-state index contributed by atoms with van der Waals surface area (Å²) in [5, 5.41) is 16.4. The van der Waals surface area contributed by atoms with Crippen LogP contribution in [-0.4, -0.2) is 59.3 Å². The van der Waals surface area contributed by atoms with Crippen LogP contribution < -0.4 is 5.32 Å². The molecule has 0 spiro atoms. The Morgan fingerprint density at radius 3 is 2.50 bits per heavy atom. The molecule has 0 saturated carbocycles. The maximum atomic E-state index is 13.8. The van der Waals surface area contributed by atoms with Crippen LogP contribution in [0.15, 0.2) is 96.0 Å². The van der Waals surface area contributed by atoms with Crippen molar-refractivity contribution < 1.29 is 13.5 Å². The number of benzene rings is 3. The molecule has 0 bridgehead atoms. The van der Waals surface area contributed by atoms with Crippen molar-refractivity contribution in [2.75, 3.05) is 18.2 Å². The summed E-state index contributed by atoms with van der Waals surface area (Å²) in [5.74, 6) is 1.19. The lowest BCUT2D eigenvalue weighted by Crippen LogP contribution is -2.52. The van der Waals surface area contributed by atoms with Crippen LogP contribution in [-0.2, 0) is 16.3 Å². The van der Waals surface area contributed by atoms with Crippen LogP contribution in [0.2, 0.25) is 0 Å². The van der Waals surface area contributed by atoms with E-state index in [-0.39, 0.29) is 16.5 Å². The molecule has 4 aromatic rings. The Balaban J connectivity index is 1.31. The standard InChI is InChI=1S/C30H35N3O3S2/c1-30(2,18-22-14-15-23-9-6-7-10-24(23)17-22)32-19-28(34)27-20-37-21-33(27)29(26-13-8-16-31-26)38(35,36)25-11-4-3-5-12-25/h3-17,27-29,31-32,34H,18-21H2,1-2H3. The molecule has 3 aromatic carbocycles. The summed E-state index contributed by atoms with van der Waals surface area (Å²) in [6.45, 7) is 4.64. The van der Waals surface area contributed by atoms with E-state index < -0.39 is 21.3 Å². The number of fused-ring (bicyclic) bond motifs is 1. The molecular formula is C30H35N3O3S2. The molecule has 0 aliphatic carbocycles. The van der Waals surface area contributed by atoms with Crippen LogP contribution in [0.3, 0.4) is 0 Å². The number of aromatic amines is 1. The molecule has 6 nitrogen and oxygen atoms in total. The fourth-order valence-electron chi connectivity index (χ4n) is 5.24. The zero-order valence-electron chi connectivity index (χ0n) is 21.7. The van der Waals surface area contributed by atoms with E-state index in [4.69, 9.17) is 0 Å². The van der Waals surface area contributed by atoms with Crippen molar-refractivity contribution >= 4 is 32.4 Å². The van der Waals surface area contributed by atoms with Crippen LogP contribution >= 0.6 is 11.8 Å². The van der Waals surface area contributed by atoms with E-state index in [1.807, 2.05) is 29.2 Å². The summed E-state index contributed by atoms with van der Waals surface area (Å²) < 4.78 is 27.7. The monoisotopic (exact) mass is 549 g/mol. The molecule has 5 rings (SSSR count). The fraction of sp³-hybridized carbons (Fsp3) is 0.333. The van der Waals surface area contributed by atoms with Gasteiger partial charge in [-0.05, 0) is 60.9 Å². The number of aliphatic hydroxyl groups excluding tert-OH is 1. The van der Waals surface area contributed by atoms with Crippen molar-refractivity contribution in [1.82, 2.24) is 15.2 Å². The summed E-state index contributed by atoms with van der Waals surface area (Å²) in [6.07, 6.45) is 1.82. The van der Waals surface area contributed by atoms with Crippen molar-refractivity contribution in [2.24, 2.45) is 0 Å². The lowest BCUT2D eigenvalue weighted by molar-refractivity contribution is 0.0645. The average Bonchev–Trinajstić information content (AvgIpc) is 3.61. The van der Waals surface area contributed by atoms with Crippen molar-refractivity contribution in [3.8, 4) is 0 Å². The van der Waals surface area contributed by atoms with Crippen molar-refractivity contribution in [2.45, 2.75) is 48.2 Å². The Hall–Kier alpha value is -2.62. The van der Waals surface area contributed by atoms with Crippen LogP contribution in [0, 0.1) is 0 Å².